The van der Waals surface area contributed by atoms with E-state index in [9.17, 15) is 0 Å². The molecular formula is C24H17NO. The summed E-state index contributed by atoms with van der Waals surface area (Å²) >= 11 is 0. The predicted molar refractivity (Wildman–Crippen MR) is 107 cm³/mol. The van der Waals surface area contributed by atoms with Crippen molar-refractivity contribution in [2.75, 3.05) is 0 Å². The lowest BCUT2D eigenvalue weighted by Gasteiger charge is -2.02. The maximum atomic E-state index is 6.35. The molecule has 0 aliphatic rings. The Bertz CT molecular complexity index is 1170. The first-order valence-corrected chi connectivity index (χ1v) is 8.71. The molecule has 3 aromatic carbocycles. The molecule has 0 saturated carbocycles. The van der Waals surface area contributed by atoms with Gasteiger partial charge in [0.15, 0.2) is 0 Å². The highest BCUT2D eigenvalue weighted by Gasteiger charge is 2.18. The number of para-hydroxylation sites is 1. The first-order valence-electron chi connectivity index (χ1n) is 8.71. The van der Waals surface area contributed by atoms with Gasteiger partial charge in [0.05, 0.1) is 0 Å². The second kappa shape index (κ2) is 6.08. The van der Waals surface area contributed by atoms with Crippen molar-refractivity contribution in [3.05, 3.63) is 97.2 Å². The Morgan fingerprint density at radius 2 is 1.27 bits per heavy atom. The summed E-state index contributed by atoms with van der Waals surface area (Å²) < 4.78 is 6.35. The molecule has 2 nitrogen and oxygen atoms in total. The molecule has 0 spiro atoms. The first kappa shape index (κ1) is 14.8. The van der Waals surface area contributed by atoms with Gasteiger partial charge >= 0.3 is 0 Å². The third kappa shape index (κ3) is 2.44. The van der Waals surface area contributed by atoms with Gasteiger partial charge in [-0.25, -0.2) is 0 Å². The Kier molecular flexibility index (Phi) is 3.46. The van der Waals surface area contributed by atoms with Crippen LogP contribution < -0.4 is 0 Å². The first-order chi connectivity index (χ1) is 12.9. The SMILES string of the molecule is c1ccc(-c2cc(-c3c[nH]c4ccccc34)c(-c3ccccc3)o2)cc1. The van der Waals surface area contributed by atoms with Gasteiger partial charge in [-0.15, -0.1) is 0 Å². The Balaban J connectivity index is 1.77. The highest BCUT2D eigenvalue weighted by Crippen LogP contribution is 2.41. The number of furan rings is 1. The zero-order valence-electron chi connectivity index (χ0n) is 14.1. The molecular weight excluding hydrogens is 318 g/mol. The molecule has 0 atom stereocenters. The zero-order valence-corrected chi connectivity index (χ0v) is 14.1. The van der Waals surface area contributed by atoms with Crippen molar-refractivity contribution in [2.45, 2.75) is 0 Å². The lowest BCUT2D eigenvalue weighted by Crippen LogP contribution is -1.78. The van der Waals surface area contributed by atoms with E-state index in [4.69, 9.17) is 4.42 Å². The molecule has 5 aromatic rings. The lowest BCUT2D eigenvalue weighted by molar-refractivity contribution is 0.598. The van der Waals surface area contributed by atoms with Crippen LogP contribution in [-0.2, 0) is 0 Å². The quantitative estimate of drug-likeness (QED) is 0.387. The number of aromatic amines is 1. The van der Waals surface area contributed by atoms with Crippen molar-refractivity contribution >= 4 is 10.9 Å². The molecule has 26 heavy (non-hydrogen) atoms. The molecule has 0 aliphatic heterocycles. The van der Waals surface area contributed by atoms with E-state index in [1.165, 1.54) is 5.39 Å². The number of hydrogen-bond acceptors (Lipinski definition) is 1. The van der Waals surface area contributed by atoms with Crippen molar-refractivity contribution in [1.82, 2.24) is 4.98 Å². The summed E-state index contributed by atoms with van der Waals surface area (Å²) in [5.41, 5.74) is 5.55. The van der Waals surface area contributed by atoms with Crippen LogP contribution in [0.1, 0.15) is 0 Å². The number of aromatic nitrogens is 1. The average Bonchev–Trinajstić information content (AvgIpc) is 3.34. The van der Waals surface area contributed by atoms with Crippen molar-refractivity contribution in [1.29, 1.82) is 0 Å². The van der Waals surface area contributed by atoms with Gasteiger partial charge in [0.25, 0.3) is 0 Å². The summed E-state index contributed by atoms with van der Waals surface area (Å²) in [5, 5.41) is 1.20. The number of benzene rings is 3. The van der Waals surface area contributed by atoms with Crippen LogP contribution in [0.4, 0.5) is 0 Å². The molecule has 0 bridgehead atoms. The summed E-state index contributed by atoms with van der Waals surface area (Å²) in [6, 6.07) is 31.0. The number of rotatable bonds is 3. The predicted octanol–water partition coefficient (Wildman–Crippen LogP) is 6.76. The Morgan fingerprint density at radius 1 is 0.615 bits per heavy atom. The van der Waals surface area contributed by atoms with E-state index in [-0.39, 0.29) is 0 Å². The van der Waals surface area contributed by atoms with Crippen LogP contribution >= 0.6 is 0 Å². The Labute approximate surface area is 151 Å². The molecule has 0 unspecified atom stereocenters. The smallest absolute Gasteiger partial charge is 0.142 e. The maximum absolute atomic E-state index is 6.35. The molecule has 2 heterocycles. The van der Waals surface area contributed by atoms with E-state index in [1.807, 2.05) is 42.5 Å². The van der Waals surface area contributed by atoms with Gasteiger partial charge in [0.1, 0.15) is 11.5 Å². The van der Waals surface area contributed by atoms with Crippen LogP contribution in [0, 0.1) is 0 Å². The lowest BCUT2D eigenvalue weighted by atomic mass is 10.0. The molecule has 1 N–H and O–H groups in total. The summed E-state index contributed by atoms with van der Waals surface area (Å²) in [6.07, 6.45) is 2.07. The fraction of sp³-hybridized carbons (Fsp3) is 0. The van der Waals surface area contributed by atoms with Crippen LogP contribution in [0.5, 0.6) is 0 Å². The minimum absolute atomic E-state index is 0.879. The Morgan fingerprint density at radius 3 is 2.04 bits per heavy atom. The number of hydrogen-bond donors (Lipinski definition) is 1. The molecule has 0 amide bonds. The molecule has 0 radical (unpaired) electrons. The molecule has 2 aromatic heterocycles. The minimum atomic E-state index is 0.879. The van der Waals surface area contributed by atoms with Crippen molar-refractivity contribution in [2.24, 2.45) is 0 Å². The standard InChI is InChI=1S/C24H17NO/c1-3-9-17(10-4-1)23-15-20(24(26-23)18-11-5-2-6-12-18)21-16-25-22-14-8-7-13-19(21)22/h1-16,25H. The van der Waals surface area contributed by atoms with Crippen LogP contribution in [0.15, 0.2) is 102 Å². The van der Waals surface area contributed by atoms with Crippen molar-refractivity contribution in [3.63, 3.8) is 0 Å². The van der Waals surface area contributed by atoms with Gasteiger partial charge in [-0.3, -0.25) is 0 Å². The fourth-order valence-corrected chi connectivity index (χ4v) is 3.43. The molecule has 0 saturated heterocycles. The summed E-state index contributed by atoms with van der Waals surface area (Å²) in [6.45, 7) is 0. The highest BCUT2D eigenvalue weighted by molar-refractivity contribution is 5.99. The van der Waals surface area contributed by atoms with Gasteiger partial charge < -0.3 is 9.40 Å². The highest BCUT2D eigenvalue weighted by atomic mass is 16.3. The maximum Gasteiger partial charge on any atom is 0.142 e. The van der Waals surface area contributed by atoms with E-state index in [0.717, 1.165) is 39.3 Å². The van der Waals surface area contributed by atoms with Crippen molar-refractivity contribution in [3.8, 4) is 33.8 Å². The number of H-pyrrole nitrogens is 1. The topological polar surface area (TPSA) is 28.9 Å². The summed E-state index contributed by atoms with van der Waals surface area (Å²) in [5.74, 6) is 1.78. The number of nitrogens with one attached hydrogen (secondary N) is 1. The molecule has 0 aliphatic carbocycles. The second-order valence-corrected chi connectivity index (χ2v) is 6.33. The third-order valence-corrected chi connectivity index (χ3v) is 4.71. The van der Waals surface area contributed by atoms with Crippen LogP contribution in [-0.4, -0.2) is 4.98 Å². The average molecular weight is 335 g/mol. The van der Waals surface area contributed by atoms with Gasteiger partial charge in [0, 0.05) is 39.4 Å². The van der Waals surface area contributed by atoms with E-state index in [2.05, 4.69) is 59.7 Å². The van der Waals surface area contributed by atoms with E-state index >= 15 is 0 Å². The van der Waals surface area contributed by atoms with E-state index in [0.29, 0.717) is 0 Å². The van der Waals surface area contributed by atoms with Gasteiger partial charge in [-0.2, -0.15) is 0 Å². The van der Waals surface area contributed by atoms with Gasteiger partial charge in [0.2, 0.25) is 0 Å². The summed E-state index contributed by atoms with van der Waals surface area (Å²) in [7, 11) is 0. The summed E-state index contributed by atoms with van der Waals surface area (Å²) in [4.78, 5) is 3.37. The largest absolute Gasteiger partial charge is 0.455 e. The number of fused-ring (bicyclic) bond motifs is 1. The van der Waals surface area contributed by atoms with Crippen molar-refractivity contribution < 1.29 is 4.42 Å². The van der Waals surface area contributed by atoms with Crippen LogP contribution in [0.2, 0.25) is 0 Å². The Hall–Kier alpha value is -3.52. The minimum Gasteiger partial charge on any atom is -0.455 e. The van der Waals surface area contributed by atoms with E-state index in [1.54, 1.807) is 0 Å². The monoisotopic (exact) mass is 335 g/mol. The van der Waals surface area contributed by atoms with Crippen LogP contribution in [0.25, 0.3) is 44.7 Å². The zero-order chi connectivity index (χ0) is 17.3. The van der Waals surface area contributed by atoms with Gasteiger partial charge in [-0.1, -0.05) is 78.9 Å². The molecule has 124 valence electrons. The van der Waals surface area contributed by atoms with E-state index < -0.39 is 0 Å². The van der Waals surface area contributed by atoms with Gasteiger partial charge in [-0.05, 0) is 12.1 Å². The normalized spacial score (nSPS) is 11.1. The molecule has 0 fully saturated rings. The molecule has 2 heteroatoms. The second-order valence-electron chi connectivity index (χ2n) is 6.33. The van der Waals surface area contributed by atoms with Crippen LogP contribution in [0.3, 0.4) is 0 Å². The fourth-order valence-electron chi connectivity index (χ4n) is 3.43. The third-order valence-electron chi connectivity index (χ3n) is 4.71. The molecule has 5 rings (SSSR count).